The zero-order valence-electron chi connectivity index (χ0n) is 14.3. The molecule has 1 unspecified atom stereocenters. The summed E-state index contributed by atoms with van der Waals surface area (Å²) in [6.45, 7) is 1.89. The minimum absolute atomic E-state index is 0.136. The maximum Gasteiger partial charge on any atom is 0.272 e. The first-order valence-electron chi connectivity index (χ1n) is 7.57. The summed E-state index contributed by atoms with van der Waals surface area (Å²) in [6.07, 6.45) is 0. The standard InChI is InChI=1S/C17H15F3N2O5/c1-9-5-10(3-4-14(9)22(25)26)21-16(23)17(2,24)8-27-11-6-12(18)15(20)13(19)7-11/h3-7,24H,8H2,1-2H3,(H,21,23). The smallest absolute Gasteiger partial charge is 0.272 e. The van der Waals surface area contributed by atoms with Gasteiger partial charge in [-0.1, -0.05) is 0 Å². The third-order valence-electron chi connectivity index (χ3n) is 3.62. The highest BCUT2D eigenvalue weighted by atomic mass is 19.2. The number of ether oxygens (including phenoxy) is 1. The lowest BCUT2D eigenvalue weighted by atomic mass is 10.1. The lowest BCUT2D eigenvalue weighted by Crippen LogP contribution is -2.45. The van der Waals surface area contributed by atoms with E-state index in [4.69, 9.17) is 4.74 Å². The van der Waals surface area contributed by atoms with Crippen LogP contribution in [0.25, 0.3) is 0 Å². The van der Waals surface area contributed by atoms with Gasteiger partial charge in [0.25, 0.3) is 11.6 Å². The fourth-order valence-corrected chi connectivity index (χ4v) is 2.11. The van der Waals surface area contributed by atoms with Crippen LogP contribution >= 0.6 is 0 Å². The molecular formula is C17H15F3N2O5. The van der Waals surface area contributed by atoms with Crippen molar-refractivity contribution in [2.24, 2.45) is 0 Å². The van der Waals surface area contributed by atoms with Gasteiger partial charge in [-0.15, -0.1) is 0 Å². The molecule has 27 heavy (non-hydrogen) atoms. The summed E-state index contributed by atoms with van der Waals surface area (Å²) in [5, 5.41) is 23.3. The fraction of sp³-hybridized carbons (Fsp3) is 0.235. The highest BCUT2D eigenvalue weighted by Crippen LogP contribution is 2.23. The monoisotopic (exact) mass is 384 g/mol. The molecule has 2 N–H and O–H groups in total. The predicted octanol–water partition coefficient (Wildman–Crippen LogP) is 3.09. The molecule has 0 bridgehead atoms. The molecule has 7 nitrogen and oxygen atoms in total. The maximum absolute atomic E-state index is 13.1. The molecule has 2 aromatic carbocycles. The number of nitro groups is 1. The molecule has 0 fully saturated rings. The van der Waals surface area contributed by atoms with Crippen molar-refractivity contribution in [3.63, 3.8) is 0 Å². The topological polar surface area (TPSA) is 102 Å². The van der Waals surface area contributed by atoms with Crippen LogP contribution in [0, 0.1) is 34.5 Å². The second-order valence-corrected chi connectivity index (χ2v) is 5.98. The van der Waals surface area contributed by atoms with Crippen LogP contribution in [0.5, 0.6) is 5.75 Å². The van der Waals surface area contributed by atoms with E-state index in [1.54, 1.807) is 0 Å². The van der Waals surface area contributed by atoms with Gasteiger partial charge < -0.3 is 15.2 Å². The normalized spacial score (nSPS) is 13.0. The molecule has 10 heteroatoms. The van der Waals surface area contributed by atoms with E-state index in [1.165, 1.54) is 25.1 Å². The lowest BCUT2D eigenvalue weighted by molar-refractivity contribution is -0.385. The van der Waals surface area contributed by atoms with Crippen molar-refractivity contribution < 1.29 is 32.7 Å². The number of nitrogens with one attached hydrogen (secondary N) is 1. The first kappa shape index (κ1) is 20.2. The molecule has 144 valence electrons. The fourth-order valence-electron chi connectivity index (χ4n) is 2.11. The van der Waals surface area contributed by atoms with Crippen molar-refractivity contribution in [3.8, 4) is 5.75 Å². The SMILES string of the molecule is Cc1cc(NC(=O)C(C)(O)COc2cc(F)c(F)c(F)c2)ccc1[N+](=O)[O-]. The van der Waals surface area contributed by atoms with Crippen LogP contribution in [-0.2, 0) is 4.79 Å². The van der Waals surface area contributed by atoms with Crippen molar-refractivity contribution in [3.05, 3.63) is 63.5 Å². The minimum Gasteiger partial charge on any atom is -0.490 e. The van der Waals surface area contributed by atoms with Crippen molar-refractivity contribution in [1.82, 2.24) is 0 Å². The summed E-state index contributed by atoms with van der Waals surface area (Å²) in [4.78, 5) is 22.4. The van der Waals surface area contributed by atoms with Gasteiger partial charge in [0.15, 0.2) is 23.1 Å². The Morgan fingerprint density at radius 1 is 1.26 bits per heavy atom. The molecule has 0 aliphatic rings. The van der Waals surface area contributed by atoms with E-state index in [0.717, 1.165) is 6.92 Å². The second kappa shape index (κ2) is 7.62. The molecule has 0 saturated heterocycles. The molecule has 2 rings (SSSR count). The number of aliphatic hydroxyl groups is 1. The second-order valence-electron chi connectivity index (χ2n) is 5.98. The minimum atomic E-state index is -2.11. The van der Waals surface area contributed by atoms with E-state index in [0.29, 0.717) is 17.7 Å². The van der Waals surface area contributed by atoms with E-state index < -0.39 is 46.2 Å². The summed E-state index contributed by atoms with van der Waals surface area (Å²) >= 11 is 0. The van der Waals surface area contributed by atoms with E-state index in [1.807, 2.05) is 0 Å². The third-order valence-corrected chi connectivity index (χ3v) is 3.62. The van der Waals surface area contributed by atoms with Gasteiger partial charge in [-0.25, -0.2) is 13.2 Å². The Kier molecular flexibility index (Phi) is 5.69. The Morgan fingerprint density at radius 2 is 1.85 bits per heavy atom. The Labute approximate surface area is 151 Å². The predicted molar refractivity (Wildman–Crippen MR) is 88.9 cm³/mol. The number of carbonyl (C=O) groups excluding carboxylic acids is 1. The molecule has 1 atom stereocenters. The van der Waals surface area contributed by atoms with Crippen LogP contribution in [0.4, 0.5) is 24.5 Å². The molecular weight excluding hydrogens is 369 g/mol. The zero-order chi connectivity index (χ0) is 20.4. The molecule has 0 aliphatic carbocycles. The van der Waals surface area contributed by atoms with Crippen molar-refractivity contribution in [2.45, 2.75) is 19.4 Å². The lowest BCUT2D eigenvalue weighted by Gasteiger charge is -2.22. The molecule has 0 heterocycles. The largest absolute Gasteiger partial charge is 0.490 e. The molecule has 0 spiro atoms. The van der Waals surface area contributed by atoms with Crippen LogP contribution < -0.4 is 10.1 Å². The average Bonchev–Trinajstić information content (AvgIpc) is 2.57. The highest BCUT2D eigenvalue weighted by molar-refractivity contribution is 5.97. The summed E-state index contributed by atoms with van der Waals surface area (Å²) < 4.78 is 44.2. The first-order valence-corrected chi connectivity index (χ1v) is 7.57. The third kappa shape index (κ3) is 4.73. The number of hydrogen-bond donors (Lipinski definition) is 2. The number of benzene rings is 2. The summed E-state index contributed by atoms with van der Waals surface area (Å²) in [5.41, 5.74) is -1.76. The Balaban J connectivity index is 2.06. The van der Waals surface area contributed by atoms with Gasteiger partial charge in [-0.2, -0.15) is 0 Å². The number of aryl methyl sites for hydroxylation is 1. The average molecular weight is 384 g/mol. The van der Waals surface area contributed by atoms with E-state index in [9.17, 15) is 33.2 Å². The van der Waals surface area contributed by atoms with Crippen LogP contribution in [0.1, 0.15) is 12.5 Å². The zero-order valence-corrected chi connectivity index (χ0v) is 14.3. The van der Waals surface area contributed by atoms with E-state index in [2.05, 4.69) is 5.32 Å². The Morgan fingerprint density at radius 3 is 2.37 bits per heavy atom. The van der Waals surface area contributed by atoms with Gasteiger partial charge in [-0.3, -0.25) is 14.9 Å². The van der Waals surface area contributed by atoms with Gasteiger partial charge in [0, 0.05) is 29.4 Å². The van der Waals surface area contributed by atoms with Crippen LogP contribution in [0.2, 0.25) is 0 Å². The van der Waals surface area contributed by atoms with Crippen molar-refractivity contribution in [1.29, 1.82) is 0 Å². The van der Waals surface area contributed by atoms with Gasteiger partial charge in [0.1, 0.15) is 12.4 Å². The van der Waals surface area contributed by atoms with Crippen LogP contribution in [0.15, 0.2) is 30.3 Å². The molecule has 0 saturated carbocycles. The Hall–Kier alpha value is -3.14. The van der Waals surface area contributed by atoms with Crippen LogP contribution in [-0.4, -0.2) is 28.1 Å². The van der Waals surface area contributed by atoms with Gasteiger partial charge in [0.05, 0.1) is 4.92 Å². The van der Waals surface area contributed by atoms with Gasteiger partial charge in [-0.05, 0) is 26.0 Å². The number of halogens is 3. The number of rotatable bonds is 6. The summed E-state index contributed by atoms with van der Waals surface area (Å²) in [5.74, 6) is -5.95. The van der Waals surface area contributed by atoms with Crippen molar-refractivity contribution >= 4 is 17.3 Å². The number of anilines is 1. The summed E-state index contributed by atoms with van der Waals surface area (Å²) in [7, 11) is 0. The molecule has 0 radical (unpaired) electrons. The number of nitrogens with zero attached hydrogens (tertiary/aromatic N) is 1. The maximum atomic E-state index is 13.1. The van der Waals surface area contributed by atoms with Gasteiger partial charge >= 0.3 is 0 Å². The first-order chi connectivity index (χ1) is 12.5. The molecule has 0 aliphatic heterocycles. The summed E-state index contributed by atoms with van der Waals surface area (Å²) in [6, 6.07) is 4.97. The molecule has 1 amide bonds. The van der Waals surface area contributed by atoms with Gasteiger partial charge in [0.2, 0.25) is 0 Å². The van der Waals surface area contributed by atoms with E-state index in [-0.39, 0.29) is 11.4 Å². The molecule has 2 aromatic rings. The molecule has 0 aromatic heterocycles. The van der Waals surface area contributed by atoms with E-state index >= 15 is 0 Å². The number of nitro benzene ring substituents is 1. The highest BCUT2D eigenvalue weighted by Gasteiger charge is 2.32. The quantitative estimate of drug-likeness (QED) is 0.453. The Bertz CT molecular complexity index is 879. The number of hydrogen-bond acceptors (Lipinski definition) is 5. The van der Waals surface area contributed by atoms with Crippen molar-refractivity contribution in [2.75, 3.05) is 11.9 Å². The number of carbonyl (C=O) groups is 1. The number of amides is 1. The van der Waals surface area contributed by atoms with Crippen LogP contribution in [0.3, 0.4) is 0 Å².